The summed E-state index contributed by atoms with van der Waals surface area (Å²) in [7, 11) is 3.24. The van der Waals surface area contributed by atoms with Gasteiger partial charge in [-0.25, -0.2) is 0 Å². The molecule has 2 aromatic carbocycles. The molecule has 2 rings (SSSR count). The lowest BCUT2D eigenvalue weighted by atomic mass is 9.95. The maximum atomic E-state index is 9.43. The molecule has 23 heavy (non-hydrogen) atoms. The van der Waals surface area contributed by atoms with Gasteiger partial charge in [0.2, 0.25) is 0 Å². The van der Waals surface area contributed by atoms with Gasteiger partial charge in [0.15, 0.2) is 11.5 Å². The second kappa shape index (κ2) is 8.70. The molecule has 0 N–H and O–H groups in total. The molecule has 0 fully saturated rings. The maximum absolute atomic E-state index is 9.43. The van der Waals surface area contributed by atoms with Gasteiger partial charge in [-0.15, -0.1) is 0 Å². The topological polar surface area (TPSA) is 51.5 Å². The smallest absolute Gasteiger partial charge is 0.161 e. The van der Waals surface area contributed by atoms with Crippen LogP contribution in [0.25, 0.3) is 0 Å². The van der Waals surface area contributed by atoms with E-state index in [9.17, 15) is 5.26 Å². The third-order valence-electron chi connectivity index (χ3n) is 3.63. The number of nitriles is 1. The summed E-state index contributed by atoms with van der Waals surface area (Å²) >= 11 is 0. The van der Waals surface area contributed by atoms with Gasteiger partial charge in [0.1, 0.15) is 5.75 Å². The lowest BCUT2D eigenvalue weighted by Gasteiger charge is -2.14. The Balaban J connectivity index is 1.91. The average Bonchev–Trinajstić information content (AvgIpc) is 2.62. The van der Waals surface area contributed by atoms with Gasteiger partial charge >= 0.3 is 0 Å². The quantitative estimate of drug-likeness (QED) is 0.687. The standard InChI is InChI=1S/C19H21NO3/c1-21-17-10-4-3-9-16(17)15(14-20)8-7-13-23-19-12-6-5-11-18(19)22-2/h3-6,9-12,15H,7-8,13H2,1-2H3. The van der Waals surface area contributed by atoms with E-state index in [-0.39, 0.29) is 5.92 Å². The molecule has 0 spiro atoms. The Morgan fingerprint density at radius 1 is 0.913 bits per heavy atom. The minimum atomic E-state index is -0.201. The SMILES string of the molecule is COc1ccccc1OCCCC(C#N)c1ccccc1OC. The number of nitrogens with zero attached hydrogens (tertiary/aromatic N) is 1. The Morgan fingerprint density at radius 3 is 2.17 bits per heavy atom. The first kappa shape index (κ1) is 16.7. The zero-order chi connectivity index (χ0) is 16.5. The molecule has 2 aromatic rings. The van der Waals surface area contributed by atoms with Crippen LogP contribution < -0.4 is 14.2 Å². The second-order valence-corrected chi connectivity index (χ2v) is 5.07. The van der Waals surface area contributed by atoms with Gasteiger partial charge in [-0.1, -0.05) is 30.3 Å². The molecule has 0 saturated heterocycles. The predicted molar refractivity (Wildman–Crippen MR) is 89.1 cm³/mol. The van der Waals surface area contributed by atoms with Gasteiger partial charge in [0.05, 0.1) is 32.8 Å². The summed E-state index contributed by atoms with van der Waals surface area (Å²) in [5, 5.41) is 9.43. The zero-order valence-electron chi connectivity index (χ0n) is 13.5. The molecule has 0 radical (unpaired) electrons. The minimum absolute atomic E-state index is 0.201. The molecular formula is C19H21NO3. The third-order valence-corrected chi connectivity index (χ3v) is 3.63. The number of hydrogen-bond acceptors (Lipinski definition) is 4. The van der Waals surface area contributed by atoms with Crippen molar-refractivity contribution < 1.29 is 14.2 Å². The summed E-state index contributed by atoms with van der Waals surface area (Å²) in [4.78, 5) is 0. The van der Waals surface area contributed by atoms with E-state index in [1.54, 1.807) is 14.2 Å². The monoisotopic (exact) mass is 311 g/mol. The molecule has 0 bridgehead atoms. The highest BCUT2D eigenvalue weighted by atomic mass is 16.5. The lowest BCUT2D eigenvalue weighted by molar-refractivity contribution is 0.284. The molecular weight excluding hydrogens is 290 g/mol. The summed E-state index contributed by atoms with van der Waals surface area (Å²) in [6.07, 6.45) is 1.49. The van der Waals surface area contributed by atoms with Crippen LogP contribution in [-0.2, 0) is 0 Å². The number of hydrogen-bond donors (Lipinski definition) is 0. The molecule has 0 aliphatic carbocycles. The first-order valence-corrected chi connectivity index (χ1v) is 7.58. The molecule has 4 heteroatoms. The second-order valence-electron chi connectivity index (χ2n) is 5.07. The fourth-order valence-electron chi connectivity index (χ4n) is 2.45. The Hall–Kier alpha value is -2.67. The van der Waals surface area contributed by atoms with Gasteiger partial charge in [0, 0.05) is 5.56 Å². The van der Waals surface area contributed by atoms with E-state index in [4.69, 9.17) is 14.2 Å². The molecule has 4 nitrogen and oxygen atoms in total. The van der Waals surface area contributed by atoms with Gasteiger partial charge < -0.3 is 14.2 Å². The van der Waals surface area contributed by atoms with E-state index in [1.807, 2.05) is 48.5 Å². The summed E-state index contributed by atoms with van der Waals surface area (Å²) in [5.41, 5.74) is 0.926. The first-order valence-electron chi connectivity index (χ1n) is 7.58. The molecule has 1 unspecified atom stereocenters. The maximum Gasteiger partial charge on any atom is 0.161 e. The Bertz CT molecular complexity index is 664. The fraction of sp³-hybridized carbons (Fsp3) is 0.316. The van der Waals surface area contributed by atoms with Crippen molar-refractivity contribution in [1.82, 2.24) is 0 Å². The van der Waals surface area contributed by atoms with Crippen molar-refractivity contribution in [3.8, 4) is 23.3 Å². The largest absolute Gasteiger partial charge is 0.496 e. The molecule has 0 amide bonds. The van der Waals surface area contributed by atoms with E-state index in [1.165, 1.54) is 0 Å². The Morgan fingerprint density at radius 2 is 1.52 bits per heavy atom. The summed E-state index contributed by atoms with van der Waals surface area (Å²) in [5.74, 6) is 1.99. The highest BCUT2D eigenvalue weighted by molar-refractivity contribution is 5.40. The highest BCUT2D eigenvalue weighted by Crippen LogP contribution is 2.30. The van der Waals surface area contributed by atoms with Gasteiger partial charge in [-0.3, -0.25) is 0 Å². The van der Waals surface area contributed by atoms with Crippen LogP contribution in [0.5, 0.6) is 17.2 Å². The van der Waals surface area contributed by atoms with Crippen molar-refractivity contribution in [1.29, 1.82) is 5.26 Å². The van der Waals surface area contributed by atoms with E-state index < -0.39 is 0 Å². The molecule has 0 heterocycles. The minimum Gasteiger partial charge on any atom is -0.496 e. The Kier molecular flexibility index (Phi) is 6.31. The number of methoxy groups -OCH3 is 2. The van der Waals surface area contributed by atoms with Crippen LogP contribution in [0.3, 0.4) is 0 Å². The first-order chi connectivity index (χ1) is 11.3. The van der Waals surface area contributed by atoms with Gasteiger partial charge in [-0.2, -0.15) is 5.26 Å². The van der Waals surface area contributed by atoms with Crippen LogP contribution in [0.1, 0.15) is 24.3 Å². The third kappa shape index (κ3) is 4.40. The zero-order valence-corrected chi connectivity index (χ0v) is 13.5. The molecule has 0 aliphatic heterocycles. The Labute approximate surface area is 137 Å². The molecule has 0 aliphatic rings. The van der Waals surface area contributed by atoms with E-state index in [0.29, 0.717) is 18.8 Å². The van der Waals surface area contributed by atoms with Crippen molar-refractivity contribution >= 4 is 0 Å². The van der Waals surface area contributed by atoms with Gasteiger partial charge in [-0.05, 0) is 31.0 Å². The van der Waals surface area contributed by atoms with Crippen LogP contribution in [0.2, 0.25) is 0 Å². The molecule has 0 aromatic heterocycles. The van der Waals surface area contributed by atoms with E-state index in [0.717, 1.165) is 23.5 Å². The summed E-state index contributed by atoms with van der Waals surface area (Å²) < 4.78 is 16.3. The van der Waals surface area contributed by atoms with Crippen LogP contribution in [0.15, 0.2) is 48.5 Å². The predicted octanol–water partition coefficient (Wildman–Crippen LogP) is 4.17. The fourth-order valence-corrected chi connectivity index (χ4v) is 2.45. The van der Waals surface area contributed by atoms with E-state index in [2.05, 4.69) is 6.07 Å². The van der Waals surface area contributed by atoms with Crippen LogP contribution in [-0.4, -0.2) is 20.8 Å². The van der Waals surface area contributed by atoms with Crippen LogP contribution in [0.4, 0.5) is 0 Å². The summed E-state index contributed by atoms with van der Waals surface area (Å²) in [6.45, 7) is 0.535. The number of benzene rings is 2. The van der Waals surface area contributed by atoms with E-state index >= 15 is 0 Å². The van der Waals surface area contributed by atoms with Crippen molar-refractivity contribution in [3.63, 3.8) is 0 Å². The van der Waals surface area contributed by atoms with Gasteiger partial charge in [0.25, 0.3) is 0 Å². The molecule has 0 saturated carbocycles. The lowest BCUT2D eigenvalue weighted by Crippen LogP contribution is -2.04. The summed E-state index contributed by atoms with van der Waals surface area (Å²) in [6, 6.07) is 17.5. The van der Waals surface area contributed by atoms with Crippen molar-refractivity contribution in [2.75, 3.05) is 20.8 Å². The van der Waals surface area contributed by atoms with Crippen molar-refractivity contribution in [2.45, 2.75) is 18.8 Å². The van der Waals surface area contributed by atoms with Crippen LogP contribution in [0, 0.1) is 11.3 Å². The molecule has 120 valence electrons. The van der Waals surface area contributed by atoms with Crippen molar-refractivity contribution in [3.05, 3.63) is 54.1 Å². The number of para-hydroxylation sites is 3. The normalized spacial score (nSPS) is 11.3. The van der Waals surface area contributed by atoms with Crippen molar-refractivity contribution in [2.24, 2.45) is 0 Å². The number of rotatable bonds is 8. The average molecular weight is 311 g/mol. The van der Waals surface area contributed by atoms with Crippen LogP contribution >= 0.6 is 0 Å². The molecule has 1 atom stereocenters. The number of ether oxygens (including phenoxy) is 3. The highest BCUT2D eigenvalue weighted by Gasteiger charge is 2.15.